The van der Waals surface area contributed by atoms with Crippen molar-refractivity contribution in [1.82, 2.24) is 15.3 Å². The molecule has 1 heterocycles. The lowest BCUT2D eigenvalue weighted by molar-refractivity contribution is -0.120. The first-order chi connectivity index (χ1) is 9.65. The fourth-order valence-corrected chi connectivity index (χ4v) is 2.04. The van der Waals surface area contributed by atoms with Crippen LogP contribution < -0.4 is 5.32 Å². The van der Waals surface area contributed by atoms with Gasteiger partial charge in [-0.05, 0) is 18.9 Å². The number of hydrogen-bond acceptors (Lipinski definition) is 4. The molecule has 104 valence electrons. The maximum atomic E-state index is 12.0. The van der Waals surface area contributed by atoms with E-state index in [4.69, 9.17) is 0 Å². The van der Waals surface area contributed by atoms with Crippen LogP contribution in [0.25, 0.3) is 0 Å². The number of aromatic nitrogens is 2. The van der Waals surface area contributed by atoms with Gasteiger partial charge < -0.3 is 5.32 Å². The molecule has 20 heavy (non-hydrogen) atoms. The van der Waals surface area contributed by atoms with Crippen LogP contribution in [0.5, 0.6) is 0 Å². The quantitative estimate of drug-likeness (QED) is 0.826. The minimum atomic E-state index is -0.365. The molecular formula is C15H17N3OS. The predicted octanol–water partition coefficient (Wildman–Crippen LogP) is 1.94. The van der Waals surface area contributed by atoms with Gasteiger partial charge in [0, 0.05) is 6.20 Å². The van der Waals surface area contributed by atoms with Crippen LogP contribution in [0.2, 0.25) is 0 Å². The molecule has 1 unspecified atom stereocenters. The largest absolute Gasteiger partial charge is 0.349 e. The highest BCUT2D eigenvalue weighted by Gasteiger charge is 2.14. The van der Waals surface area contributed by atoms with E-state index in [0.29, 0.717) is 13.0 Å². The number of aryl methyl sites for hydroxylation is 1. The summed E-state index contributed by atoms with van der Waals surface area (Å²) in [5, 5.41) is 2.46. The molecule has 0 aliphatic heterocycles. The first-order valence-electron chi connectivity index (χ1n) is 6.42. The molecule has 0 aliphatic rings. The Hall–Kier alpha value is -1.88. The van der Waals surface area contributed by atoms with Gasteiger partial charge in [-0.1, -0.05) is 30.3 Å². The van der Waals surface area contributed by atoms with Crippen LogP contribution in [-0.4, -0.2) is 21.1 Å². The molecule has 4 nitrogen and oxygen atoms in total. The summed E-state index contributed by atoms with van der Waals surface area (Å²) in [6, 6.07) is 9.84. The molecule has 1 aromatic heterocycles. The molecule has 0 saturated heterocycles. The average molecular weight is 287 g/mol. The number of carbonyl (C=O) groups is 1. The van der Waals surface area contributed by atoms with Gasteiger partial charge in [0.05, 0.1) is 29.4 Å². The second kappa shape index (κ2) is 7.05. The van der Waals surface area contributed by atoms with Gasteiger partial charge in [-0.15, -0.1) is 0 Å². The third-order valence-corrected chi connectivity index (χ3v) is 3.27. The lowest BCUT2D eigenvalue weighted by Gasteiger charge is -2.11. The Balaban J connectivity index is 1.83. The van der Waals surface area contributed by atoms with Crippen molar-refractivity contribution in [2.75, 3.05) is 0 Å². The smallest absolute Gasteiger partial charge is 0.233 e. The number of nitrogens with zero attached hydrogens (tertiary/aromatic N) is 2. The molecule has 0 saturated carbocycles. The molecule has 1 amide bonds. The zero-order valence-corrected chi connectivity index (χ0v) is 12.2. The number of benzene rings is 1. The Labute approximate surface area is 124 Å². The van der Waals surface area contributed by atoms with Crippen molar-refractivity contribution in [3.63, 3.8) is 0 Å². The van der Waals surface area contributed by atoms with E-state index in [1.165, 1.54) is 0 Å². The first kappa shape index (κ1) is 14.5. The Morgan fingerprint density at radius 2 is 2.00 bits per heavy atom. The van der Waals surface area contributed by atoms with Crippen LogP contribution in [0, 0.1) is 6.92 Å². The third kappa shape index (κ3) is 4.35. The molecule has 1 aromatic carbocycles. The first-order valence-corrected chi connectivity index (χ1v) is 6.94. The highest BCUT2D eigenvalue weighted by Crippen LogP contribution is 2.08. The van der Waals surface area contributed by atoms with E-state index in [1.807, 2.05) is 37.3 Å². The monoisotopic (exact) mass is 287 g/mol. The summed E-state index contributed by atoms with van der Waals surface area (Å²) in [5.74, 6) is -0.0976. The van der Waals surface area contributed by atoms with Crippen LogP contribution in [0.15, 0.2) is 42.7 Å². The number of thiol groups is 1. The van der Waals surface area contributed by atoms with Gasteiger partial charge in [0.1, 0.15) is 0 Å². The van der Waals surface area contributed by atoms with E-state index in [-0.39, 0.29) is 11.2 Å². The topological polar surface area (TPSA) is 54.9 Å². The Bertz CT molecular complexity index is 557. The van der Waals surface area contributed by atoms with Crippen LogP contribution >= 0.6 is 12.6 Å². The molecule has 0 fully saturated rings. The maximum Gasteiger partial charge on any atom is 0.233 e. The number of rotatable bonds is 5. The van der Waals surface area contributed by atoms with E-state index < -0.39 is 0 Å². The van der Waals surface area contributed by atoms with E-state index in [0.717, 1.165) is 17.0 Å². The zero-order valence-electron chi connectivity index (χ0n) is 11.3. The molecule has 2 rings (SSSR count). The minimum Gasteiger partial charge on any atom is -0.349 e. The van der Waals surface area contributed by atoms with Gasteiger partial charge in [0.15, 0.2) is 0 Å². The summed E-state index contributed by atoms with van der Waals surface area (Å²) in [7, 11) is 0. The van der Waals surface area contributed by atoms with Crippen molar-refractivity contribution in [2.45, 2.75) is 25.1 Å². The zero-order chi connectivity index (χ0) is 14.4. The summed E-state index contributed by atoms with van der Waals surface area (Å²) in [4.78, 5) is 20.3. The lowest BCUT2D eigenvalue weighted by atomic mass is 10.1. The molecule has 1 atom stereocenters. The second-order valence-electron chi connectivity index (χ2n) is 4.57. The Morgan fingerprint density at radius 1 is 1.25 bits per heavy atom. The molecule has 0 aliphatic carbocycles. The lowest BCUT2D eigenvalue weighted by Crippen LogP contribution is -2.32. The van der Waals surface area contributed by atoms with Gasteiger partial charge >= 0.3 is 0 Å². The van der Waals surface area contributed by atoms with Crippen LogP contribution in [0.3, 0.4) is 0 Å². The highest BCUT2D eigenvalue weighted by molar-refractivity contribution is 7.81. The molecule has 0 radical (unpaired) electrons. The molecule has 0 spiro atoms. The predicted molar refractivity (Wildman–Crippen MR) is 81.5 cm³/mol. The summed E-state index contributed by atoms with van der Waals surface area (Å²) < 4.78 is 0. The maximum absolute atomic E-state index is 12.0. The third-order valence-electron chi connectivity index (χ3n) is 2.85. The molecule has 1 N–H and O–H groups in total. The normalized spacial score (nSPS) is 11.9. The van der Waals surface area contributed by atoms with Crippen LogP contribution in [-0.2, 0) is 17.8 Å². The van der Waals surface area contributed by atoms with Gasteiger partial charge in [-0.3, -0.25) is 14.8 Å². The van der Waals surface area contributed by atoms with Crippen molar-refractivity contribution in [1.29, 1.82) is 0 Å². The van der Waals surface area contributed by atoms with Gasteiger partial charge in [0.25, 0.3) is 0 Å². The number of hydrogen-bond donors (Lipinski definition) is 2. The van der Waals surface area contributed by atoms with Crippen molar-refractivity contribution >= 4 is 18.5 Å². The SMILES string of the molecule is Cc1cnc(CNC(=O)C(S)Cc2ccccc2)cn1. The van der Waals surface area contributed by atoms with Crippen molar-refractivity contribution in [3.05, 3.63) is 59.7 Å². The summed E-state index contributed by atoms with van der Waals surface area (Å²) in [6.45, 7) is 2.25. The number of carbonyl (C=O) groups excluding carboxylic acids is 1. The van der Waals surface area contributed by atoms with Crippen LogP contribution in [0.1, 0.15) is 17.0 Å². The van der Waals surface area contributed by atoms with Crippen molar-refractivity contribution < 1.29 is 4.79 Å². The van der Waals surface area contributed by atoms with Gasteiger partial charge in [-0.2, -0.15) is 12.6 Å². The molecular weight excluding hydrogens is 270 g/mol. The molecule has 0 bridgehead atoms. The number of nitrogens with one attached hydrogen (secondary N) is 1. The summed E-state index contributed by atoms with van der Waals surface area (Å²) >= 11 is 4.35. The van der Waals surface area contributed by atoms with E-state index >= 15 is 0 Å². The standard InChI is InChI=1S/C15H17N3OS/c1-11-8-17-13(9-16-11)10-18-15(19)14(20)7-12-5-3-2-4-6-12/h2-6,8-9,14,20H,7,10H2,1H3,(H,18,19). The minimum absolute atomic E-state index is 0.0976. The van der Waals surface area contributed by atoms with E-state index in [2.05, 4.69) is 27.9 Å². The Morgan fingerprint density at radius 3 is 2.65 bits per heavy atom. The molecule has 2 aromatic rings. The fraction of sp³-hybridized carbons (Fsp3) is 0.267. The van der Waals surface area contributed by atoms with Crippen molar-refractivity contribution in [3.8, 4) is 0 Å². The average Bonchev–Trinajstić information content (AvgIpc) is 2.47. The van der Waals surface area contributed by atoms with Gasteiger partial charge in [-0.25, -0.2) is 0 Å². The molecule has 5 heteroatoms. The summed E-state index contributed by atoms with van der Waals surface area (Å²) in [6.07, 6.45) is 3.96. The fourth-order valence-electron chi connectivity index (χ4n) is 1.74. The van der Waals surface area contributed by atoms with Crippen molar-refractivity contribution in [2.24, 2.45) is 0 Å². The highest BCUT2D eigenvalue weighted by atomic mass is 32.1. The van der Waals surface area contributed by atoms with E-state index in [1.54, 1.807) is 12.4 Å². The second-order valence-corrected chi connectivity index (χ2v) is 5.20. The summed E-state index contributed by atoms with van der Waals surface area (Å²) in [5.41, 5.74) is 2.69. The van der Waals surface area contributed by atoms with E-state index in [9.17, 15) is 4.79 Å². The van der Waals surface area contributed by atoms with Gasteiger partial charge in [0.2, 0.25) is 5.91 Å². The van der Waals surface area contributed by atoms with Crippen LogP contribution in [0.4, 0.5) is 0 Å². The number of amides is 1. The Kier molecular flexibility index (Phi) is 5.12.